The van der Waals surface area contributed by atoms with Gasteiger partial charge in [0.05, 0.1) is 12.7 Å². The normalized spacial score (nSPS) is 55.6. The molecule has 0 unspecified atom stereocenters. The second kappa shape index (κ2) is 4.39. The molecule has 6 atom stereocenters. The average molecular weight is 304 g/mol. The largest absolute Gasteiger partial charge is 0.395 e. The summed E-state index contributed by atoms with van der Waals surface area (Å²) in [5.41, 5.74) is 0.704. The van der Waals surface area contributed by atoms with E-state index in [4.69, 9.17) is 0 Å². The molecular weight excluding hydrogens is 272 g/mol. The van der Waals surface area contributed by atoms with Crippen molar-refractivity contribution in [1.82, 2.24) is 0 Å². The van der Waals surface area contributed by atoms with E-state index in [0.717, 1.165) is 18.8 Å². The standard InChI is InChI=1S/C20H32O2/c1-17(2)6-4-7-18(3)14(17)5-8-19-9-10-20(12-19,13-21)16(22)11-15(18)19/h9-10,14-16,21-22H,4-8,11-13H2,1-3H3/t14-,15+,16-,18-,19+,20-/m0/s1. The van der Waals surface area contributed by atoms with Crippen molar-refractivity contribution in [3.63, 3.8) is 0 Å². The molecule has 0 saturated heterocycles. The van der Waals surface area contributed by atoms with Gasteiger partial charge in [-0.25, -0.2) is 0 Å². The first-order valence-corrected chi connectivity index (χ1v) is 9.27. The quantitative estimate of drug-likeness (QED) is 0.721. The Hall–Kier alpha value is -0.340. The maximum absolute atomic E-state index is 10.8. The number of fused-ring (bicyclic) bond motifs is 3. The molecule has 2 nitrogen and oxygen atoms in total. The molecule has 2 bridgehead atoms. The first-order valence-electron chi connectivity index (χ1n) is 9.27. The fourth-order valence-electron chi connectivity index (χ4n) is 7.43. The smallest absolute Gasteiger partial charge is 0.0656 e. The van der Waals surface area contributed by atoms with Gasteiger partial charge in [0.15, 0.2) is 0 Å². The molecule has 3 fully saturated rings. The van der Waals surface area contributed by atoms with Crippen LogP contribution in [0, 0.1) is 33.5 Å². The Labute approximate surface area is 135 Å². The summed E-state index contributed by atoms with van der Waals surface area (Å²) in [6.07, 6.45) is 12.7. The van der Waals surface area contributed by atoms with Crippen molar-refractivity contribution in [3.05, 3.63) is 12.2 Å². The summed E-state index contributed by atoms with van der Waals surface area (Å²) in [6, 6.07) is 0. The summed E-state index contributed by atoms with van der Waals surface area (Å²) in [5.74, 6) is 1.37. The minimum absolute atomic E-state index is 0.102. The van der Waals surface area contributed by atoms with Crippen LogP contribution in [0.1, 0.15) is 65.7 Å². The Bertz CT molecular complexity index is 510. The van der Waals surface area contributed by atoms with Crippen LogP contribution in [0.2, 0.25) is 0 Å². The molecule has 0 radical (unpaired) electrons. The molecule has 0 aliphatic heterocycles. The van der Waals surface area contributed by atoms with Gasteiger partial charge in [-0.05, 0) is 66.6 Å². The first kappa shape index (κ1) is 15.2. The van der Waals surface area contributed by atoms with Gasteiger partial charge in [0.25, 0.3) is 0 Å². The highest BCUT2D eigenvalue weighted by molar-refractivity contribution is 5.28. The molecule has 0 heterocycles. The molecule has 124 valence electrons. The zero-order chi connectivity index (χ0) is 15.8. The maximum atomic E-state index is 10.8. The van der Waals surface area contributed by atoms with Gasteiger partial charge in [-0.1, -0.05) is 39.3 Å². The zero-order valence-electron chi connectivity index (χ0n) is 14.4. The van der Waals surface area contributed by atoms with E-state index in [1.165, 1.54) is 32.1 Å². The van der Waals surface area contributed by atoms with Gasteiger partial charge in [-0.2, -0.15) is 0 Å². The van der Waals surface area contributed by atoms with E-state index in [1.54, 1.807) is 0 Å². The van der Waals surface area contributed by atoms with Crippen LogP contribution in [0.25, 0.3) is 0 Å². The second-order valence-corrected chi connectivity index (χ2v) is 9.88. The van der Waals surface area contributed by atoms with Gasteiger partial charge >= 0.3 is 0 Å². The first-order chi connectivity index (χ1) is 10.3. The summed E-state index contributed by atoms with van der Waals surface area (Å²) in [6.45, 7) is 7.56. The fraction of sp³-hybridized carbons (Fsp3) is 0.900. The van der Waals surface area contributed by atoms with E-state index in [0.29, 0.717) is 16.7 Å². The third-order valence-electron chi connectivity index (χ3n) is 8.49. The Morgan fingerprint density at radius 3 is 2.55 bits per heavy atom. The van der Waals surface area contributed by atoms with E-state index in [1.807, 2.05) is 0 Å². The Kier molecular flexibility index (Phi) is 3.03. The molecule has 0 amide bonds. The highest BCUT2D eigenvalue weighted by Gasteiger charge is 2.65. The predicted molar refractivity (Wildman–Crippen MR) is 88.3 cm³/mol. The lowest BCUT2D eigenvalue weighted by molar-refractivity contribution is -0.171. The molecule has 22 heavy (non-hydrogen) atoms. The molecule has 4 rings (SSSR count). The lowest BCUT2D eigenvalue weighted by atomic mass is 9.40. The van der Waals surface area contributed by atoms with Crippen LogP contribution in [0.5, 0.6) is 0 Å². The third kappa shape index (κ3) is 1.69. The van der Waals surface area contributed by atoms with Crippen molar-refractivity contribution in [2.75, 3.05) is 6.61 Å². The lowest BCUT2D eigenvalue weighted by Gasteiger charge is -2.65. The predicted octanol–water partition coefficient (Wildman–Crippen LogP) is 3.92. The van der Waals surface area contributed by atoms with Gasteiger partial charge < -0.3 is 10.2 Å². The van der Waals surface area contributed by atoms with Crippen molar-refractivity contribution < 1.29 is 10.2 Å². The van der Waals surface area contributed by atoms with E-state index in [9.17, 15) is 10.2 Å². The lowest BCUT2D eigenvalue weighted by Crippen LogP contribution is -2.59. The summed E-state index contributed by atoms with van der Waals surface area (Å²) in [5, 5.41) is 20.7. The molecule has 2 N–H and O–H groups in total. The highest BCUT2D eigenvalue weighted by atomic mass is 16.3. The summed E-state index contributed by atoms with van der Waals surface area (Å²) >= 11 is 0. The zero-order valence-corrected chi connectivity index (χ0v) is 14.4. The number of rotatable bonds is 1. The second-order valence-electron chi connectivity index (χ2n) is 9.88. The van der Waals surface area contributed by atoms with Crippen molar-refractivity contribution in [3.8, 4) is 0 Å². The molecule has 0 aromatic rings. The van der Waals surface area contributed by atoms with E-state index < -0.39 is 0 Å². The Morgan fingerprint density at radius 2 is 1.82 bits per heavy atom. The molecule has 1 spiro atoms. The van der Waals surface area contributed by atoms with Crippen LogP contribution in [0.15, 0.2) is 12.2 Å². The SMILES string of the molecule is CC1(C)CCC[C@@]2(C)[C@H]1CC[C@@]13C=C[C@@](CO)(C1)[C@@H](O)C[C@@H]32. The van der Waals surface area contributed by atoms with Crippen molar-refractivity contribution >= 4 is 0 Å². The molecule has 3 saturated carbocycles. The number of allylic oxidation sites excluding steroid dienone is 1. The highest BCUT2D eigenvalue weighted by Crippen LogP contribution is 2.71. The van der Waals surface area contributed by atoms with Crippen LogP contribution < -0.4 is 0 Å². The molecule has 0 aromatic carbocycles. The number of aliphatic hydroxyl groups is 2. The minimum Gasteiger partial charge on any atom is -0.395 e. The van der Waals surface area contributed by atoms with Gasteiger partial charge in [0, 0.05) is 5.41 Å². The van der Waals surface area contributed by atoms with E-state index >= 15 is 0 Å². The van der Waals surface area contributed by atoms with E-state index in [2.05, 4.69) is 32.9 Å². The van der Waals surface area contributed by atoms with Crippen molar-refractivity contribution in [2.24, 2.45) is 33.5 Å². The van der Waals surface area contributed by atoms with Crippen LogP contribution in [0.4, 0.5) is 0 Å². The topological polar surface area (TPSA) is 40.5 Å². The monoisotopic (exact) mass is 304 g/mol. The third-order valence-corrected chi connectivity index (χ3v) is 8.49. The Balaban J connectivity index is 1.75. The van der Waals surface area contributed by atoms with Crippen LogP contribution in [-0.2, 0) is 0 Å². The maximum Gasteiger partial charge on any atom is 0.0656 e. The van der Waals surface area contributed by atoms with Gasteiger partial charge in [-0.15, -0.1) is 0 Å². The van der Waals surface area contributed by atoms with Gasteiger partial charge in [-0.3, -0.25) is 0 Å². The van der Waals surface area contributed by atoms with Crippen LogP contribution >= 0.6 is 0 Å². The molecule has 2 heteroatoms. The molecule has 4 aliphatic carbocycles. The summed E-state index contributed by atoms with van der Waals surface area (Å²) < 4.78 is 0. The van der Waals surface area contributed by atoms with Gasteiger partial charge in [0.1, 0.15) is 0 Å². The molecular formula is C20H32O2. The fourth-order valence-corrected chi connectivity index (χ4v) is 7.43. The summed E-state index contributed by atoms with van der Waals surface area (Å²) in [4.78, 5) is 0. The van der Waals surface area contributed by atoms with Gasteiger partial charge in [0.2, 0.25) is 0 Å². The van der Waals surface area contributed by atoms with E-state index in [-0.39, 0.29) is 23.5 Å². The van der Waals surface area contributed by atoms with Crippen LogP contribution in [-0.4, -0.2) is 22.9 Å². The van der Waals surface area contributed by atoms with Crippen molar-refractivity contribution in [1.29, 1.82) is 0 Å². The van der Waals surface area contributed by atoms with Crippen LogP contribution in [0.3, 0.4) is 0 Å². The minimum atomic E-state index is -0.366. The number of hydrogen-bond acceptors (Lipinski definition) is 2. The average Bonchev–Trinajstić information content (AvgIpc) is 2.78. The number of hydrogen-bond donors (Lipinski definition) is 2. The number of aliphatic hydroxyl groups excluding tert-OH is 2. The van der Waals surface area contributed by atoms with Crippen molar-refractivity contribution in [2.45, 2.75) is 71.8 Å². The Morgan fingerprint density at radius 1 is 1.05 bits per heavy atom. The summed E-state index contributed by atoms with van der Waals surface area (Å²) in [7, 11) is 0. The molecule has 4 aliphatic rings. The molecule has 0 aromatic heterocycles.